The molecule has 1 fully saturated rings. The number of hydrogen-bond donors (Lipinski definition) is 3. The first kappa shape index (κ1) is 22.4. The van der Waals surface area contributed by atoms with Crippen LogP contribution in [0.4, 0.5) is 11.4 Å². The third kappa shape index (κ3) is 5.94. The van der Waals surface area contributed by atoms with Crippen LogP contribution in [0.2, 0.25) is 0 Å². The molecule has 0 radical (unpaired) electrons. The lowest BCUT2D eigenvalue weighted by molar-refractivity contribution is -0.121. The Morgan fingerprint density at radius 1 is 1.00 bits per heavy atom. The molecule has 2 aliphatic rings. The Balaban J connectivity index is 1.20. The number of amides is 3. The van der Waals surface area contributed by atoms with Gasteiger partial charge in [0.2, 0.25) is 18.6 Å². The molecule has 2 aliphatic heterocycles. The van der Waals surface area contributed by atoms with Crippen LogP contribution in [0.25, 0.3) is 0 Å². The van der Waals surface area contributed by atoms with Gasteiger partial charge in [0.1, 0.15) is 0 Å². The van der Waals surface area contributed by atoms with E-state index in [1.807, 2.05) is 24.3 Å². The van der Waals surface area contributed by atoms with E-state index in [2.05, 4.69) is 20.9 Å². The van der Waals surface area contributed by atoms with Crippen LogP contribution >= 0.6 is 0 Å². The molecule has 2 aromatic carbocycles. The van der Waals surface area contributed by atoms with Gasteiger partial charge >= 0.3 is 0 Å². The van der Waals surface area contributed by atoms with Crippen molar-refractivity contribution in [1.29, 1.82) is 0 Å². The number of nitrogens with zero attached hydrogens (tertiary/aromatic N) is 1. The van der Waals surface area contributed by atoms with Crippen molar-refractivity contribution in [2.24, 2.45) is 0 Å². The summed E-state index contributed by atoms with van der Waals surface area (Å²) in [5.74, 6) is 0.120. The van der Waals surface area contributed by atoms with E-state index in [-0.39, 0.29) is 37.6 Å². The summed E-state index contributed by atoms with van der Waals surface area (Å²) in [7, 11) is 0. The SMILES string of the molecule is CC(CC(=O)Nc1cccc(N2CCCC2)c1)NC(=O)CNC(=O)c1ccc2c(c1)OCO2. The first-order valence-corrected chi connectivity index (χ1v) is 11.1. The molecule has 1 atom stereocenters. The zero-order chi connectivity index (χ0) is 23.2. The van der Waals surface area contributed by atoms with E-state index >= 15 is 0 Å². The third-order valence-electron chi connectivity index (χ3n) is 5.54. The molecule has 33 heavy (non-hydrogen) atoms. The summed E-state index contributed by atoms with van der Waals surface area (Å²) in [6, 6.07) is 12.2. The molecule has 0 saturated carbocycles. The Morgan fingerprint density at radius 2 is 1.79 bits per heavy atom. The molecule has 9 heteroatoms. The summed E-state index contributed by atoms with van der Waals surface area (Å²) in [5.41, 5.74) is 2.21. The molecule has 4 rings (SSSR count). The van der Waals surface area contributed by atoms with Gasteiger partial charge in [-0.3, -0.25) is 14.4 Å². The third-order valence-corrected chi connectivity index (χ3v) is 5.54. The first-order valence-electron chi connectivity index (χ1n) is 11.1. The summed E-state index contributed by atoms with van der Waals surface area (Å²) in [4.78, 5) is 39.2. The number of hydrogen-bond acceptors (Lipinski definition) is 6. The Kier molecular flexibility index (Phi) is 6.97. The topological polar surface area (TPSA) is 109 Å². The van der Waals surface area contributed by atoms with E-state index in [0.29, 0.717) is 17.1 Å². The summed E-state index contributed by atoms with van der Waals surface area (Å²) >= 11 is 0. The lowest BCUT2D eigenvalue weighted by Gasteiger charge is -2.19. The van der Waals surface area contributed by atoms with Crippen LogP contribution in [0.1, 0.15) is 36.5 Å². The first-order chi connectivity index (χ1) is 16.0. The van der Waals surface area contributed by atoms with E-state index < -0.39 is 5.91 Å². The second kappa shape index (κ2) is 10.2. The molecule has 0 bridgehead atoms. The number of anilines is 2. The van der Waals surface area contributed by atoms with Gasteiger partial charge in [-0.05, 0) is 56.2 Å². The van der Waals surface area contributed by atoms with Gasteiger partial charge in [0.05, 0.1) is 6.54 Å². The second-order valence-electron chi connectivity index (χ2n) is 8.22. The predicted molar refractivity (Wildman–Crippen MR) is 124 cm³/mol. The Morgan fingerprint density at radius 3 is 2.61 bits per heavy atom. The van der Waals surface area contributed by atoms with E-state index in [1.54, 1.807) is 25.1 Å². The Hall–Kier alpha value is -3.75. The van der Waals surface area contributed by atoms with Gasteiger partial charge in [0, 0.05) is 42.5 Å². The van der Waals surface area contributed by atoms with Crippen molar-refractivity contribution >= 4 is 29.1 Å². The van der Waals surface area contributed by atoms with Crippen LogP contribution in [-0.2, 0) is 9.59 Å². The van der Waals surface area contributed by atoms with Gasteiger partial charge in [0.25, 0.3) is 5.91 Å². The minimum absolute atomic E-state index is 0.121. The predicted octanol–water partition coefficient (Wildman–Crippen LogP) is 2.28. The maximum Gasteiger partial charge on any atom is 0.251 e. The lowest BCUT2D eigenvalue weighted by atomic mass is 10.2. The monoisotopic (exact) mass is 452 g/mol. The molecule has 9 nitrogen and oxygen atoms in total. The molecule has 0 aliphatic carbocycles. The molecule has 2 heterocycles. The molecular weight excluding hydrogens is 424 g/mol. The van der Waals surface area contributed by atoms with Crippen LogP contribution in [0.3, 0.4) is 0 Å². The average Bonchev–Trinajstić information content (AvgIpc) is 3.49. The van der Waals surface area contributed by atoms with Crippen LogP contribution in [0, 0.1) is 0 Å². The highest BCUT2D eigenvalue weighted by atomic mass is 16.7. The molecule has 1 saturated heterocycles. The Bertz CT molecular complexity index is 1040. The van der Waals surface area contributed by atoms with Crippen molar-refractivity contribution in [3.8, 4) is 11.5 Å². The van der Waals surface area contributed by atoms with Crippen LogP contribution in [-0.4, -0.2) is 50.2 Å². The zero-order valence-electron chi connectivity index (χ0n) is 18.6. The Labute approximate surface area is 192 Å². The highest BCUT2D eigenvalue weighted by Crippen LogP contribution is 2.32. The highest BCUT2D eigenvalue weighted by molar-refractivity contribution is 5.97. The summed E-state index contributed by atoms with van der Waals surface area (Å²) < 4.78 is 10.5. The molecule has 174 valence electrons. The molecule has 3 N–H and O–H groups in total. The minimum atomic E-state index is -0.397. The van der Waals surface area contributed by atoms with E-state index in [9.17, 15) is 14.4 Å². The van der Waals surface area contributed by atoms with Gasteiger partial charge in [-0.25, -0.2) is 0 Å². The molecule has 1 unspecified atom stereocenters. The van der Waals surface area contributed by atoms with Gasteiger partial charge in [-0.1, -0.05) is 6.07 Å². The minimum Gasteiger partial charge on any atom is -0.454 e. The fourth-order valence-electron chi connectivity index (χ4n) is 3.92. The quantitative estimate of drug-likeness (QED) is 0.567. The number of benzene rings is 2. The number of ether oxygens (including phenoxy) is 2. The van der Waals surface area contributed by atoms with Crippen molar-refractivity contribution < 1.29 is 23.9 Å². The fraction of sp³-hybridized carbons (Fsp3) is 0.375. The fourth-order valence-corrected chi connectivity index (χ4v) is 3.92. The highest BCUT2D eigenvalue weighted by Gasteiger charge is 2.18. The maximum atomic E-state index is 12.4. The van der Waals surface area contributed by atoms with Crippen LogP contribution in [0.5, 0.6) is 11.5 Å². The normalized spacial score (nSPS) is 15.1. The smallest absolute Gasteiger partial charge is 0.251 e. The zero-order valence-corrected chi connectivity index (χ0v) is 18.6. The number of fused-ring (bicyclic) bond motifs is 1. The van der Waals surface area contributed by atoms with Crippen molar-refractivity contribution in [3.05, 3.63) is 48.0 Å². The summed E-state index contributed by atoms with van der Waals surface area (Å²) in [6.45, 7) is 3.74. The number of carbonyl (C=O) groups is 3. The summed E-state index contributed by atoms with van der Waals surface area (Å²) in [5, 5.41) is 8.20. The molecule has 2 aromatic rings. The van der Waals surface area contributed by atoms with E-state index in [1.165, 1.54) is 12.8 Å². The van der Waals surface area contributed by atoms with Crippen molar-refractivity contribution in [3.63, 3.8) is 0 Å². The lowest BCUT2D eigenvalue weighted by Crippen LogP contribution is -2.42. The molecule has 0 aromatic heterocycles. The number of carbonyl (C=O) groups excluding carboxylic acids is 3. The van der Waals surface area contributed by atoms with Crippen molar-refractivity contribution in [2.75, 3.05) is 36.6 Å². The molecule has 0 spiro atoms. The summed E-state index contributed by atoms with van der Waals surface area (Å²) in [6.07, 6.45) is 2.49. The van der Waals surface area contributed by atoms with Gasteiger partial charge in [-0.15, -0.1) is 0 Å². The van der Waals surface area contributed by atoms with E-state index in [0.717, 1.165) is 24.5 Å². The second-order valence-corrected chi connectivity index (χ2v) is 8.22. The van der Waals surface area contributed by atoms with E-state index in [4.69, 9.17) is 9.47 Å². The van der Waals surface area contributed by atoms with Crippen molar-refractivity contribution in [2.45, 2.75) is 32.2 Å². The van der Waals surface area contributed by atoms with Crippen LogP contribution < -0.4 is 30.3 Å². The number of nitrogens with one attached hydrogen (secondary N) is 3. The van der Waals surface area contributed by atoms with Crippen molar-refractivity contribution in [1.82, 2.24) is 10.6 Å². The maximum absolute atomic E-state index is 12.4. The standard InChI is InChI=1S/C24H28N4O5/c1-16(11-22(29)27-18-5-4-6-19(13-18)28-9-2-3-10-28)26-23(30)14-25-24(31)17-7-8-20-21(12-17)33-15-32-20/h4-8,12-13,16H,2-3,9-11,14-15H2,1H3,(H,25,31)(H,26,30)(H,27,29). The largest absolute Gasteiger partial charge is 0.454 e. The van der Waals surface area contributed by atoms with Gasteiger partial charge < -0.3 is 30.3 Å². The number of rotatable bonds is 8. The molecular formula is C24H28N4O5. The van der Waals surface area contributed by atoms with Gasteiger partial charge in [-0.2, -0.15) is 0 Å². The van der Waals surface area contributed by atoms with Crippen LogP contribution in [0.15, 0.2) is 42.5 Å². The molecule has 3 amide bonds. The van der Waals surface area contributed by atoms with Gasteiger partial charge in [0.15, 0.2) is 11.5 Å². The average molecular weight is 453 g/mol.